The summed E-state index contributed by atoms with van der Waals surface area (Å²) in [7, 11) is 0. The maximum Gasteiger partial charge on any atom is 0.0497 e. The van der Waals surface area contributed by atoms with Gasteiger partial charge in [0, 0.05) is 13.2 Å². The van der Waals surface area contributed by atoms with Crippen molar-refractivity contribution < 1.29 is 4.74 Å². The van der Waals surface area contributed by atoms with Crippen molar-refractivity contribution in [3.05, 3.63) is 0 Å². The van der Waals surface area contributed by atoms with E-state index in [9.17, 15) is 0 Å². The Labute approximate surface area is 94.6 Å². The second kappa shape index (κ2) is 5.86. The molecule has 1 rings (SSSR count). The highest BCUT2D eigenvalue weighted by molar-refractivity contribution is 4.85. The molecule has 1 fully saturated rings. The summed E-state index contributed by atoms with van der Waals surface area (Å²) in [6, 6.07) is 0. The maximum absolute atomic E-state index is 5.83. The Bertz CT molecular complexity index is 179. The van der Waals surface area contributed by atoms with Crippen LogP contribution in [0.1, 0.15) is 46.5 Å². The number of hydrogen-bond donors (Lipinski definition) is 1. The fourth-order valence-corrected chi connectivity index (χ4v) is 2.67. The third-order valence-electron chi connectivity index (χ3n) is 3.66. The molecule has 0 aromatic heterocycles. The van der Waals surface area contributed by atoms with Gasteiger partial charge in [-0.25, -0.2) is 0 Å². The highest BCUT2D eigenvalue weighted by Crippen LogP contribution is 2.41. The number of nitrogens with two attached hydrogens (primary N) is 1. The zero-order valence-corrected chi connectivity index (χ0v) is 10.6. The van der Waals surface area contributed by atoms with Gasteiger partial charge in [0.2, 0.25) is 0 Å². The van der Waals surface area contributed by atoms with Gasteiger partial charge in [0.05, 0.1) is 0 Å². The summed E-state index contributed by atoms with van der Waals surface area (Å²) in [5.41, 5.74) is 6.32. The van der Waals surface area contributed by atoms with Crippen LogP contribution in [0.5, 0.6) is 0 Å². The van der Waals surface area contributed by atoms with E-state index in [1.807, 2.05) is 0 Å². The van der Waals surface area contributed by atoms with Gasteiger partial charge in [0.25, 0.3) is 0 Å². The molecule has 2 unspecified atom stereocenters. The summed E-state index contributed by atoms with van der Waals surface area (Å²) in [4.78, 5) is 0. The van der Waals surface area contributed by atoms with Crippen molar-refractivity contribution in [2.45, 2.75) is 46.5 Å². The first kappa shape index (κ1) is 13.0. The van der Waals surface area contributed by atoms with Crippen LogP contribution in [0.4, 0.5) is 0 Å². The molecule has 1 aliphatic carbocycles. The van der Waals surface area contributed by atoms with E-state index in [0.717, 1.165) is 26.2 Å². The average Bonchev–Trinajstić information content (AvgIpc) is 2.17. The summed E-state index contributed by atoms with van der Waals surface area (Å²) in [5, 5.41) is 0. The summed E-state index contributed by atoms with van der Waals surface area (Å²) in [6.45, 7) is 9.54. The van der Waals surface area contributed by atoms with Gasteiger partial charge in [-0.15, -0.1) is 0 Å². The lowest BCUT2D eigenvalue weighted by atomic mass is 9.67. The van der Waals surface area contributed by atoms with Crippen LogP contribution < -0.4 is 5.73 Å². The van der Waals surface area contributed by atoms with E-state index in [-0.39, 0.29) is 0 Å². The Balaban J connectivity index is 2.41. The lowest BCUT2D eigenvalue weighted by molar-refractivity contribution is 0.0275. The zero-order valence-electron chi connectivity index (χ0n) is 10.6. The molecule has 0 radical (unpaired) electrons. The molecule has 0 bridgehead atoms. The van der Waals surface area contributed by atoms with Crippen molar-refractivity contribution in [2.75, 3.05) is 19.8 Å². The smallest absolute Gasteiger partial charge is 0.0497 e. The summed E-state index contributed by atoms with van der Waals surface area (Å²) in [5.74, 6) is 1.38. The van der Waals surface area contributed by atoms with Gasteiger partial charge < -0.3 is 10.5 Å². The molecule has 0 spiro atoms. The quantitative estimate of drug-likeness (QED) is 0.713. The molecule has 1 saturated carbocycles. The van der Waals surface area contributed by atoms with E-state index in [1.165, 1.54) is 19.3 Å². The average molecular weight is 213 g/mol. The molecular formula is C13H27NO. The monoisotopic (exact) mass is 213 g/mol. The van der Waals surface area contributed by atoms with Crippen LogP contribution in [0, 0.1) is 17.3 Å². The van der Waals surface area contributed by atoms with Crippen LogP contribution in [0.25, 0.3) is 0 Å². The Morgan fingerprint density at radius 2 is 2.07 bits per heavy atom. The van der Waals surface area contributed by atoms with E-state index >= 15 is 0 Å². The van der Waals surface area contributed by atoms with Crippen LogP contribution in [-0.2, 0) is 4.74 Å². The van der Waals surface area contributed by atoms with Gasteiger partial charge in [0.15, 0.2) is 0 Å². The van der Waals surface area contributed by atoms with Crippen LogP contribution in [-0.4, -0.2) is 19.8 Å². The number of rotatable bonds is 5. The van der Waals surface area contributed by atoms with Crippen molar-refractivity contribution in [1.29, 1.82) is 0 Å². The molecule has 0 amide bonds. The van der Waals surface area contributed by atoms with Crippen molar-refractivity contribution in [2.24, 2.45) is 23.0 Å². The first-order chi connectivity index (χ1) is 7.09. The van der Waals surface area contributed by atoms with E-state index < -0.39 is 0 Å². The van der Waals surface area contributed by atoms with E-state index in [4.69, 9.17) is 10.5 Å². The normalized spacial score (nSPS) is 30.4. The highest BCUT2D eigenvalue weighted by atomic mass is 16.5. The minimum Gasteiger partial charge on any atom is -0.381 e. The first-order valence-corrected chi connectivity index (χ1v) is 6.37. The molecule has 0 heterocycles. The second-order valence-electron chi connectivity index (χ2n) is 5.74. The molecule has 1 aliphatic rings. The fourth-order valence-electron chi connectivity index (χ4n) is 2.67. The minimum atomic E-state index is 0.492. The zero-order chi connectivity index (χ0) is 11.3. The molecule has 0 aromatic rings. The largest absolute Gasteiger partial charge is 0.381 e. The minimum absolute atomic E-state index is 0.492. The number of hydrogen-bond acceptors (Lipinski definition) is 2. The predicted molar refractivity (Wildman–Crippen MR) is 64.8 cm³/mol. The van der Waals surface area contributed by atoms with Gasteiger partial charge in [-0.3, -0.25) is 0 Å². The number of ether oxygens (including phenoxy) is 1. The van der Waals surface area contributed by atoms with Crippen LogP contribution in [0.2, 0.25) is 0 Å². The summed E-state index contributed by atoms with van der Waals surface area (Å²) < 4.78 is 5.69. The molecule has 90 valence electrons. The Morgan fingerprint density at radius 1 is 1.33 bits per heavy atom. The van der Waals surface area contributed by atoms with Crippen LogP contribution in [0.15, 0.2) is 0 Å². The first-order valence-electron chi connectivity index (χ1n) is 6.37. The Morgan fingerprint density at radius 3 is 2.67 bits per heavy atom. The molecule has 0 aromatic carbocycles. The second-order valence-corrected chi connectivity index (χ2v) is 5.74. The van der Waals surface area contributed by atoms with Crippen LogP contribution >= 0.6 is 0 Å². The summed E-state index contributed by atoms with van der Waals surface area (Å²) in [6.07, 6.45) is 4.99. The molecule has 2 N–H and O–H groups in total. The SMILES string of the molecule is CCCOCC1CC(C)(C)CCC1CN. The van der Waals surface area contributed by atoms with Crippen molar-refractivity contribution in [1.82, 2.24) is 0 Å². The van der Waals surface area contributed by atoms with Crippen molar-refractivity contribution in [3.8, 4) is 0 Å². The standard InChI is InChI=1S/C13H27NO/c1-4-7-15-10-12-8-13(2,3)6-5-11(12)9-14/h11-12H,4-10,14H2,1-3H3. The third kappa shape index (κ3) is 4.12. The van der Waals surface area contributed by atoms with Gasteiger partial charge in [-0.1, -0.05) is 20.8 Å². The fraction of sp³-hybridized carbons (Fsp3) is 1.00. The van der Waals surface area contributed by atoms with Gasteiger partial charge in [-0.05, 0) is 49.5 Å². The lowest BCUT2D eigenvalue weighted by Crippen LogP contribution is -2.36. The van der Waals surface area contributed by atoms with Gasteiger partial charge >= 0.3 is 0 Å². The van der Waals surface area contributed by atoms with E-state index in [1.54, 1.807) is 0 Å². The van der Waals surface area contributed by atoms with E-state index in [2.05, 4.69) is 20.8 Å². The summed E-state index contributed by atoms with van der Waals surface area (Å²) >= 11 is 0. The topological polar surface area (TPSA) is 35.2 Å². The van der Waals surface area contributed by atoms with Crippen molar-refractivity contribution in [3.63, 3.8) is 0 Å². The molecule has 2 heteroatoms. The predicted octanol–water partition coefficient (Wildman–Crippen LogP) is 2.81. The molecule has 0 aliphatic heterocycles. The van der Waals surface area contributed by atoms with Gasteiger partial charge in [-0.2, -0.15) is 0 Å². The molecular weight excluding hydrogens is 186 g/mol. The Kier molecular flexibility index (Phi) is 5.07. The maximum atomic E-state index is 5.83. The Hall–Kier alpha value is -0.0800. The molecule has 15 heavy (non-hydrogen) atoms. The van der Waals surface area contributed by atoms with Gasteiger partial charge in [0.1, 0.15) is 0 Å². The van der Waals surface area contributed by atoms with E-state index in [0.29, 0.717) is 17.3 Å². The highest BCUT2D eigenvalue weighted by Gasteiger charge is 2.33. The lowest BCUT2D eigenvalue weighted by Gasteiger charge is -2.40. The van der Waals surface area contributed by atoms with Crippen molar-refractivity contribution >= 4 is 0 Å². The van der Waals surface area contributed by atoms with Crippen LogP contribution in [0.3, 0.4) is 0 Å². The molecule has 2 nitrogen and oxygen atoms in total. The molecule has 0 saturated heterocycles. The third-order valence-corrected chi connectivity index (χ3v) is 3.66. The molecule has 2 atom stereocenters.